The Balaban J connectivity index is 1.60. The molecule has 0 aliphatic carbocycles. The van der Waals surface area contributed by atoms with Crippen LogP contribution < -0.4 is 5.32 Å². The van der Waals surface area contributed by atoms with Crippen molar-refractivity contribution in [1.82, 2.24) is 15.1 Å². The van der Waals surface area contributed by atoms with E-state index in [1.165, 1.54) is 39.5 Å². The van der Waals surface area contributed by atoms with Crippen LogP contribution in [0.25, 0.3) is 0 Å². The van der Waals surface area contributed by atoms with Crippen LogP contribution in [0.2, 0.25) is 5.02 Å². The molecule has 0 aromatic heterocycles. The average molecular weight is 732 g/mol. The summed E-state index contributed by atoms with van der Waals surface area (Å²) in [4.78, 5) is 63.9. The minimum absolute atomic E-state index is 0.00386. The predicted octanol–water partition coefficient (Wildman–Crippen LogP) is 5.45. The number of halogens is 4. The van der Waals surface area contributed by atoms with E-state index in [0.29, 0.717) is 10.5 Å². The van der Waals surface area contributed by atoms with Gasteiger partial charge in [-0.25, -0.2) is 32.9 Å². The number of carbonyl (C=O) groups excluding carboxylic acids is 5. The van der Waals surface area contributed by atoms with E-state index in [-0.39, 0.29) is 31.5 Å². The molecule has 1 aromatic rings. The fraction of sp³-hybridized carbons (Fsp3) is 0.593. The van der Waals surface area contributed by atoms with Gasteiger partial charge in [0.15, 0.2) is 0 Å². The van der Waals surface area contributed by atoms with Crippen LogP contribution in [0.15, 0.2) is 12.1 Å². The van der Waals surface area contributed by atoms with Crippen molar-refractivity contribution in [2.45, 2.75) is 84.5 Å². The third-order valence-electron chi connectivity index (χ3n) is 6.64. The Kier molecular flexibility index (Phi) is 12.7. The summed E-state index contributed by atoms with van der Waals surface area (Å²) in [7, 11) is -4.82. The molecule has 0 spiro atoms. The maximum Gasteiger partial charge on any atom is 0.510 e. The van der Waals surface area contributed by atoms with Crippen LogP contribution >= 0.6 is 19.4 Å². The van der Waals surface area contributed by atoms with Crippen molar-refractivity contribution in [2.24, 2.45) is 0 Å². The molecular formula is C27H34ClF3N3O13P. The molecule has 0 bridgehead atoms. The molecule has 1 fully saturated rings. The first-order valence-electron chi connectivity index (χ1n) is 14.2. The van der Waals surface area contributed by atoms with Crippen LogP contribution in [0, 0.1) is 0 Å². The molecule has 3 rings (SSSR count). The van der Waals surface area contributed by atoms with Gasteiger partial charge in [0.25, 0.3) is 5.91 Å². The minimum Gasteiger partial charge on any atom is -0.432 e. The number of hydrogen-bond acceptors (Lipinski definition) is 13. The highest BCUT2D eigenvalue weighted by atomic mass is 35.5. The Labute approximate surface area is 277 Å². The molecular weight excluding hydrogens is 698 g/mol. The zero-order chi connectivity index (χ0) is 36.0. The standard InChI is InChI=1S/C27H34ClF3N3O13P/c1-15(2)46-24(38)41-13-44-48(40,45-14-42-25(39)47-16(3)4)43-12-34-22(36)26(5,32-23(34)37)7-6-21(35)33-10-17-8-19(27(29,30)31)20(28)9-18(17)11-33/h8-9,15-16H,6-7,10-14H2,1-5H3,(H,32,37)/t26-/m1/s1. The summed E-state index contributed by atoms with van der Waals surface area (Å²) in [6.07, 6.45) is -8.69. The maximum atomic E-state index is 13.3. The van der Waals surface area contributed by atoms with Crippen molar-refractivity contribution in [3.8, 4) is 0 Å². The lowest BCUT2D eigenvalue weighted by atomic mass is 9.95. The van der Waals surface area contributed by atoms with Gasteiger partial charge in [0, 0.05) is 19.5 Å². The van der Waals surface area contributed by atoms with Crippen molar-refractivity contribution in [3.63, 3.8) is 0 Å². The highest BCUT2D eigenvalue weighted by molar-refractivity contribution is 7.48. The summed E-state index contributed by atoms with van der Waals surface area (Å²) in [6.45, 7) is 4.24. The molecule has 48 heavy (non-hydrogen) atoms. The molecule has 4 amide bonds. The van der Waals surface area contributed by atoms with Crippen molar-refractivity contribution < 1.29 is 74.2 Å². The topological polar surface area (TPSA) is 186 Å². The lowest BCUT2D eigenvalue weighted by Crippen LogP contribution is -2.45. The third kappa shape index (κ3) is 10.4. The second-order valence-corrected chi connectivity index (χ2v) is 13.2. The summed E-state index contributed by atoms with van der Waals surface area (Å²) in [5.41, 5.74) is -1.94. The molecule has 0 unspecified atom stereocenters. The Bertz CT molecular complexity index is 1430. The largest absolute Gasteiger partial charge is 0.510 e. The molecule has 21 heteroatoms. The molecule has 268 valence electrons. The smallest absolute Gasteiger partial charge is 0.432 e. The van der Waals surface area contributed by atoms with E-state index >= 15 is 0 Å². The van der Waals surface area contributed by atoms with Crippen molar-refractivity contribution in [3.05, 3.63) is 33.8 Å². The number of benzene rings is 1. The van der Waals surface area contributed by atoms with E-state index in [9.17, 15) is 41.7 Å². The maximum absolute atomic E-state index is 13.3. The predicted molar refractivity (Wildman–Crippen MR) is 155 cm³/mol. The molecule has 1 saturated heterocycles. The third-order valence-corrected chi connectivity index (χ3v) is 8.23. The first-order valence-corrected chi connectivity index (χ1v) is 16.1. The number of imide groups is 1. The zero-order valence-electron chi connectivity index (χ0n) is 26.4. The second kappa shape index (κ2) is 15.7. The van der Waals surface area contributed by atoms with Crippen molar-refractivity contribution in [1.29, 1.82) is 0 Å². The molecule has 2 aliphatic heterocycles. The van der Waals surface area contributed by atoms with Gasteiger partial charge in [-0.2, -0.15) is 13.2 Å². The lowest BCUT2D eigenvalue weighted by Gasteiger charge is -2.24. The van der Waals surface area contributed by atoms with Crippen LogP contribution in [0.4, 0.5) is 27.6 Å². The number of urea groups is 1. The molecule has 0 saturated carbocycles. The molecule has 16 nitrogen and oxygen atoms in total. The number of nitrogens with zero attached hydrogens (tertiary/aromatic N) is 2. The molecule has 1 N–H and O–H groups in total. The SMILES string of the molecule is CC(C)OC(=O)OCOP(=O)(OCOC(=O)OC(C)C)OCN1C(=O)N[C@](C)(CCC(=O)N2Cc3cc(Cl)c(C(F)(F)F)cc3C2)C1=O. The van der Waals surface area contributed by atoms with Gasteiger partial charge in [-0.1, -0.05) is 11.6 Å². The number of phosphoric ester groups is 1. The number of hydrogen-bond donors (Lipinski definition) is 1. The number of ether oxygens (including phenoxy) is 4. The minimum atomic E-state index is -4.82. The highest BCUT2D eigenvalue weighted by Gasteiger charge is 2.49. The van der Waals surface area contributed by atoms with Crippen molar-refractivity contribution >= 4 is 49.6 Å². The Hall–Kier alpha value is -3.64. The normalized spacial score (nSPS) is 17.9. The Morgan fingerprint density at radius 1 is 0.958 bits per heavy atom. The van der Waals surface area contributed by atoms with Crippen LogP contribution in [0.3, 0.4) is 0 Å². The van der Waals surface area contributed by atoms with Crippen LogP contribution in [-0.2, 0) is 65.9 Å². The van der Waals surface area contributed by atoms with E-state index in [1.54, 1.807) is 0 Å². The van der Waals surface area contributed by atoms with E-state index in [2.05, 4.69) is 14.8 Å². The second-order valence-electron chi connectivity index (χ2n) is 11.2. The molecule has 2 heterocycles. The summed E-state index contributed by atoms with van der Waals surface area (Å²) in [5.74, 6) is -1.40. The fourth-order valence-corrected chi connectivity index (χ4v) is 5.47. The van der Waals surface area contributed by atoms with E-state index in [0.717, 1.165) is 12.1 Å². The number of alkyl halides is 3. The lowest BCUT2D eigenvalue weighted by molar-refractivity contribution is -0.137. The van der Waals surface area contributed by atoms with Gasteiger partial charge < -0.3 is 29.2 Å². The number of rotatable bonds is 14. The van der Waals surface area contributed by atoms with E-state index < -0.39 is 92.8 Å². The first kappa shape index (κ1) is 38.8. The highest BCUT2D eigenvalue weighted by Crippen LogP contribution is 2.50. The zero-order valence-corrected chi connectivity index (χ0v) is 28.1. The average Bonchev–Trinajstić information content (AvgIpc) is 3.46. The van der Waals surface area contributed by atoms with Gasteiger partial charge in [-0.15, -0.1) is 0 Å². The van der Waals surface area contributed by atoms with Gasteiger partial charge in [-0.05, 0) is 64.3 Å². The molecule has 1 aromatic carbocycles. The number of phosphoric acid groups is 1. The van der Waals surface area contributed by atoms with E-state index in [1.807, 2.05) is 0 Å². The van der Waals surface area contributed by atoms with Gasteiger partial charge in [0.2, 0.25) is 19.5 Å². The number of amides is 4. The molecule has 1 atom stereocenters. The summed E-state index contributed by atoms with van der Waals surface area (Å²) in [6, 6.07) is 1.05. The molecule has 0 radical (unpaired) electrons. The van der Waals surface area contributed by atoms with Gasteiger partial charge >= 0.3 is 32.3 Å². The van der Waals surface area contributed by atoms with Gasteiger partial charge in [-0.3, -0.25) is 14.1 Å². The Morgan fingerprint density at radius 2 is 1.48 bits per heavy atom. The summed E-state index contributed by atoms with van der Waals surface area (Å²) in [5, 5.41) is 1.92. The van der Waals surface area contributed by atoms with E-state index in [4.69, 9.17) is 34.6 Å². The molecule has 2 aliphatic rings. The number of carbonyl (C=O) groups is 5. The Morgan fingerprint density at radius 3 is 1.98 bits per heavy atom. The van der Waals surface area contributed by atoms with Gasteiger partial charge in [0.05, 0.1) is 22.8 Å². The number of nitrogens with one attached hydrogen (secondary N) is 1. The van der Waals surface area contributed by atoms with Gasteiger partial charge in [0.1, 0.15) is 12.3 Å². The van der Waals surface area contributed by atoms with Crippen LogP contribution in [0.5, 0.6) is 0 Å². The summed E-state index contributed by atoms with van der Waals surface area (Å²) >= 11 is 5.79. The fourth-order valence-electron chi connectivity index (χ4n) is 4.33. The first-order chi connectivity index (χ1) is 22.2. The monoisotopic (exact) mass is 731 g/mol. The van der Waals surface area contributed by atoms with Crippen molar-refractivity contribution in [2.75, 3.05) is 20.3 Å². The van der Waals surface area contributed by atoms with Crippen LogP contribution in [-0.4, -0.2) is 78.0 Å². The van der Waals surface area contributed by atoms with Crippen LogP contribution in [0.1, 0.15) is 64.2 Å². The summed E-state index contributed by atoms with van der Waals surface area (Å²) < 4.78 is 86.5. The number of fused-ring (bicyclic) bond motifs is 1. The quantitative estimate of drug-likeness (QED) is 0.110.